The van der Waals surface area contributed by atoms with Crippen LogP contribution in [0.1, 0.15) is 31.7 Å². The number of aliphatic hydroxyl groups excluding tert-OH is 1. The minimum atomic E-state index is -0.509. The summed E-state index contributed by atoms with van der Waals surface area (Å²) in [6, 6.07) is 10.2. The summed E-state index contributed by atoms with van der Waals surface area (Å²) in [5, 5.41) is 10.5. The number of aliphatic hydroxyl groups is 1. The van der Waals surface area contributed by atoms with E-state index in [-0.39, 0.29) is 17.1 Å². The van der Waals surface area contributed by atoms with Gasteiger partial charge in [-0.3, -0.25) is 4.79 Å². The van der Waals surface area contributed by atoms with Crippen molar-refractivity contribution in [3.63, 3.8) is 0 Å². The molecule has 0 spiro atoms. The van der Waals surface area contributed by atoms with E-state index in [1.54, 1.807) is 0 Å². The highest BCUT2D eigenvalue weighted by Gasteiger charge is 2.55. The molecule has 0 heterocycles. The molecule has 3 fully saturated rings. The predicted molar refractivity (Wildman–Crippen MR) is 65.6 cm³/mol. The van der Waals surface area contributed by atoms with Crippen LogP contribution in [0.25, 0.3) is 0 Å². The largest absolute Gasteiger partial charge is 0.391 e. The first kappa shape index (κ1) is 11.0. The number of fused-ring (bicyclic) bond motifs is 3. The van der Waals surface area contributed by atoms with Gasteiger partial charge in [-0.05, 0) is 24.3 Å². The monoisotopic (exact) mass is 230 g/mol. The van der Waals surface area contributed by atoms with Gasteiger partial charge >= 0.3 is 0 Å². The fourth-order valence-electron chi connectivity index (χ4n) is 3.75. The van der Waals surface area contributed by atoms with Gasteiger partial charge in [0.2, 0.25) is 0 Å². The highest BCUT2D eigenvalue weighted by molar-refractivity contribution is 5.84. The zero-order valence-electron chi connectivity index (χ0n) is 10.1. The molecule has 0 unspecified atom stereocenters. The van der Waals surface area contributed by atoms with Gasteiger partial charge in [-0.1, -0.05) is 37.3 Å². The van der Waals surface area contributed by atoms with E-state index in [0.717, 1.165) is 12.8 Å². The van der Waals surface area contributed by atoms with Crippen molar-refractivity contribution in [2.45, 2.75) is 37.7 Å². The molecule has 1 aromatic rings. The Hall–Kier alpha value is -1.15. The third-order valence-electron chi connectivity index (χ3n) is 4.93. The Morgan fingerprint density at radius 1 is 1.24 bits per heavy atom. The Morgan fingerprint density at radius 2 is 1.94 bits per heavy atom. The van der Waals surface area contributed by atoms with Gasteiger partial charge < -0.3 is 5.11 Å². The number of ketones is 1. The van der Waals surface area contributed by atoms with E-state index >= 15 is 0 Å². The fraction of sp³-hybridized carbons (Fsp3) is 0.533. The summed E-state index contributed by atoms with van der Waals surface area (Å²) in [6.07, 6.45) is 2.07. The molecule has 0 aliphatic heterocycles. The van der Waals surface area contributed by atoms with Crippen molar-refractivity contribution in [1.29, 1.82) is 0 Å². The molecule has 1 aromatic carbocycles. The van der Waals surface area contributed by atoms with Crippen LogP contribution in [0.4, 0.5) is 0 Å². The zero-order chi connectivity index (χ0) is 12.0. The average molecular weight is 230 g/mol. The van der Waals surface area contributed by atoms with Crippen LogP contribution in [-0.4, -0.2) is 17.0 Å². The van der Waals surface area contributed by atoms with Gasteiger partial charge in [0, 0.05) is 17.8 Å². The smallest absolute Gasteiger partial charge is 0.138 e. The van der Waals surface area contributed by atoms with Crippen molar-refractivity contribution < 1.29 is 9.90 Å². The molecule has 3 aliphatic rings. The Kier molecular flexibility index (Phi) is 2.37. The molecule has 2 bridgehead atoms. The average Bonchev–Trinajstić information content (AvgIpc) is 2.36. The Morgan fingerprint density at radius 3 is 2.53 bits per heavy atom. The first-order valence-electron chi connectivity index (χ1n) is 6.40. The summed E-state index contributed by atoms with van der Waals surface area (Å²) in [4.78, 5) is 11.8. The van der Waals surface area contributed by atoms with E-state index in [0.29, 0.717) is 12.3 Å². The van der Waals surface area contributed by atoms with Crippen LogP contribution < -0.4 is 0 Å². The van der Waals surface area contributed by atoms with Crippen LogP contribution in [0.3, 0.4) is 0 Å². The summed E-state index contributed by atoms with van der Waals surface area (Å²) < 4.78 is 0. The lowest BCUT2D eigenvalue weighted by atomic mass is 9.52. The van der Waals surface area contributed by atoms with E-state index in [9.17, 15) is 9.90 Å². The number of rotatable bonds is 1. The van der Waals surface area contributed by atoms with Crippen LogP contribution in [0, 0.1) is 11.8 Å². The molecule has 1 N–H and O–H groups in total. The van der Waals surface area contributed by atoms with E-state index in [1.807, 2.05) is 18.2 Å². The first-order chi connectivity index (χ1) is 8.14. The quantitative estimate of drug-likeness (QED) is 0.803. The third-order valence-corrected chi connectivity index (χ3v) is 4.93. The molecule has 0 aromatic heterocycles. The number of hydrogen-bond donors (Lipinski definition) is 1. The standard InChI is InChI=1S/C15H18O2/c1-15(10-5-3-2-4-6-10)11-7-8-12(14(15)17)13(16)9-11/h2-6,11-12,14,17H,7-9H2,1H3/t11-,12+,14-,15-/m1/s1. The van der Waals surface area contributed by atoms with Crippen molar-refractivity contribution >= 4 is 5.78 Å². The van der Waals surface area contributed by atoms with Gasteiger partial charge in [-0.15, -0.1) is 0 Å². The summed E-state index contributed by atoms with van der Waals surface area (Å²) in [5.41, 5.74) is 0.938. The molecule has 17 heavy (non-hydrogen) atoms. The number of hydrogen-bond acceptors (Lipinski definition) is 2. The van der Waals surface area contributed by atoms with Crippen molar-refractivity contribution in [3.05, 3.63) is 35.9 Å². The topological polar surface area (TPSA) is 37.3 Å². The van der Waals surface area contributed by atoms with E-state index in [1.165, 1.54) is 5.56 Å². The number of carbonyl (C=O) groups excluding carboxylic acids is 1. The van der Waals surface area contributed by atoms with Gasteiger partial charge in [0.15, 0.2) is 0 Å². The van der Waals surface area contributed by atoms with Gasteiger partial charge in [0.1, 0.15) is 5.78 Å². The second kappa shape index (κ2) is 3.67. The maximum absolute atomic E-state index is 11.8. The SMILES string of the molecule is C[C@@]1(c2ccccc2)[C@@H]2CC[C@@H](C(=O)C2)[C@H]1O. The molecule has 0 saturated heterocycles. The van der Waals surface area contributed by atoms with Crippen molar-refractivity contribution in [3.8, 4) is 0 Å². The molecule has 2 nitrogen and oxygen atoms in total. The summed E-state index contributed by atoms with van der Waals surface area (Å²) in [7, 11) is 0. The van der Waals surface area contributed by atoms with Crippen LogP contribution >= 0.6 is 0 Å². The molecule has 3 saturated carbocycles. The van der Waals surface area contributed by atoms with Gasteiger partial charge in [-0.2, -0.15) is 0 Å². The Balaban J connectivity index is 2.06. The lowest BCUT2D eigenvalue weighted by Crippen LogP contribution is -2.58. The second-order valence-corrected chi connectivity index (χ2v) is 5.64. The Labute approximate surface area is 102 Å². The molecule has 4 rings (SSSR count). The van der Waals surface area contributed by atoms with Gasteiger partial charge in [-0.25, -0.2) is 0 Å². The maximum atomic E-state index is 11.8. The fourth-order valence-corrected chi connectivity index (χ4v) is 3.75. The zero-order valence-corrected chi connectivity index (χ0v) is 10.1. The molecule has 3 aliphatic carbocycles. The highest BCUT2D eigenvalue weighted by atomic mass is 16.3. The predicted octanol–water partition coefficient (Wildman–Crippen LogP) is 2.30. The molecule has 4 atom stereocenters. The minimum absolute atomic E-state index is 0.134. The molecule has 0 radical (unpaired) electrons. The molecular formula is C15H18O2. The van der Waals surface area contributed by atoms with E-state index in [2.05, 4.69) is 19.1 Å². The number of Topliss-reactive ketones (excluding diaryl/α,β-unsaturated/α-hetero) is 1. The molecule has 2 heteroatoms. The number of benzene rings is 1. The van der Waals surface area contributed by atoms with Crippen molar-refractivity contribution in [2.24, 2.45) is 11.8 Å². The van der Waals surface area contributed by atoms with Gasteiger partial charge in [0.05, 0.1) is 6.10 Å². The van der Waals surface area contributed by atoms with Crippen LogP contribution in [0.2, 0.25) is 0 Å². The van der Waals surface area contributed by atoms with Crippen LogP contribution in [0.15, 0.2) is 30.3 Å². The maximum Gasteiger partial charge on any atom is 0.138 e. The minimum Gasteiger partial charge on any atom is -0.391 e. The van der Waals surface area contributed by atoms with Crippen molar-refractivity contribution in [1.82, 2.24) is 0 Å². The normalized spacial score (nSPS) is 40.6. The van der Waals surface area contributed by atoms with Crippen LogP contribution in [-0.2, 0) is 10.2 Å². The molecule has 0 amide bonds. The molecule has 90 valence electrons. The number of carbonyl (C=O) groups is 1. The highest BCUT2D eigenvalue weighted by Crippen LogP contribution is 2.52. The summed E-state index contributed by atoms with van der Waals surface area (Å²) in [6.45, 7) is 2.12. The van der Waals surface area contributed by atoms with Crippen molar-refractivity contribution in [2.75, 3.05) is 0 Å². The Bertz CT molecular complexity index is 435. The van der Waals surface area contributed by atoms with E-state index < -0.39 is 6.10 Å². The summed E-state index contributed by atoms with van der Waals surface area (Å²) >= 11 is 0. The molecular weight excluding hydrogens is 212 g/mol. The second-order valence-electron chi connectivity index (χ2n) is 5.64. The first-order valence-corrected chi connectivity index (χ1v) is 6.40. The van der Waals surface area contributed by atoms with Gasteiger partial charge in [0.25, 0.3) is 0 Å². The lowest BCUT2D eigenvalue weighted by molar-refractivity contribution is -0.145. The van der Waals surface area contributed by atoms with Crippen LogP contribution in [0.5, 0.6) is 0 Å². The third kappa shape index (κ3) is 1.40. The van der Waals surface area contributed by atoms with E-state index in [4.69, 9.17) is 0 Å². The lowest BCUT2D eigenvalue weighted by Gasteiger charge is -2.53. The summed E-state index contributed by atoms with van der Waals surface area (Å²) in [5.74, 6) is 0.435.